The minimum Gasteiger partial charge on any atom is -0.479 e. The standard InChI is InChI=1S/C12H13Cl2NO2/c1-3-6-15-12(16)8(2)17-11-5-4-9(13)7-10(11)14/h3-5,7-8H,1,6H2,2H3,(H,15,16)/t8-/m1/s1. The number of rotatable bonds is 5. The lowest BCUT2D eigenvalue weighted by Gasteiger charge is -2.15. The third-order valence-electron chi connectivity index (χ3n) is 1.99. The first kappa shape index (κ1) is 13.9. The quantitative estimate of drug-likeness (QED) is 0.838. The van der Waals surface area contributed by atoms with Crippen LogP contribution in [0.25, 0.3) is 0 Å². The van der Waals surface area contributed by atoms with Gasteiger partial charge in [0.15, 0.2) is 6.10 Å². The molecular formula is C12H13Cl2NO2. The highest BCUT2D eigenvalue weighted by Gasteiger charge is 2.15. The highest BCUT2D eigenvalue weighted by molar-refractivity contribution is 6.35. The van der Waals surface area contributed by atoms with Crippen LogP contribution in [0.3, 0.4) is 0 Å². The van der Waals surface area contributed by atoms with Crippen LogP contribution in [0.2, 0.25) is 10.0 Å². The van der Waals surface area contributed by atoms with Gasteiger partial charge >= 0.3 is 0 Å². The van der Waals surface area contributed by atoms with E-state index in [1.165, 1.54) is 0 Å². The summed E-state index contributed by atoms with van der Waals surface area (Å²) in [6.07, 6.45) is 0.966. The number of carbonyl (C=O) groups is 1. The molecule has 0 aromatic heterocycles. The molecule has 1 aromatic rings. The van der Waals surface area contributed by atoms with Crippen LogP contribution in [0.5, 0.6) is 5.75 Å². The number of hydrogen-bond acceptors (Lipinski definition) is 2. The molecule has 0 saturated carbocycles. The maximum Gasteiger partial charge on any atom is 0.261 e. The smallest absolute Gasteiger partial charge is 0.261 e. The molecule has 1 atom stereocenters. The van der Waals surface area contributed by atoms with E-state index in [2.05, 4.69) is 11.9 Å². The van der Waals surface area contributed by atoms with Crippen LogP contribution in [0.15, 0.2) is 30.9 Å². The van der Waals surface area contributed by atoms with Crippen LogP contribution in [-0.4, -0.2) is 18.6 Å². The Morgan fingerprint density at radius 2 is 2.29 bits per heavy atom. The fourth-order valence-corrected chi connectivity index (χ4v) is 1.58. The molecule has 0 bridgehead atoms. The summed E-state index contributed by atoms with van der Waals surface area (Å²) in [5, 5.41) is 3.53. The molecule has 1 aromatic carbocycles. The van der Waals surface area contributed by atoms with Gasteiger partial charge in [0.2, 0.25) is 0 Å². The average molecular weight is 274 g/mol. The van der Waals surface area contributed by atoms with Crippen molar-refractivity contribution in [1.82, 2.24) is 5.32 Å². The van der Waals surface area contributed by atoms with Gasteiger partial charge in [-0.1, -0.05) is 29.3 Å². The molecule has 0 radical (unpaired) electrons. The van der Waals surface area contributed by atoms with Crippen molar-refractivity contribution in [3.63, 3.8) is 0 Å². The minimum absolute atomic E-state index is 0.226. The number of nitrogens with one attached hydrogen (secondary N) is 1. The second kappa shape index (κ2) is 6.52. The third-order valence-corrected chi connectivity index (χ3v) is 2.52. The third kappa shape index (κ3) is 4.29. The van der Waals surface area contributed by atoms with Crippen molar-refractivity contribution >= 4 is 29.1 Å². The fourth-order valence-electron chi connectivity index (χ4n) is 1.13. The van der Waals surface area contributed by atoms with Crippen molar-refractivity contribution in [3.8, 4) is 5.75 Å². The second-order valence-electron chi connectivity index (χ2n) is 3.37. The van der Waals surface area contributed by atoms with Gasteiger partial charge in [-0.2, -0.15) is 0 Å². The Kier molecular flexibility index (Phi) is 5.32. The lowest BCUT2D eigenvalue weighted by Crippen LogP contribution is -2.36. The maximum atomic E-state index is 11.5. The Balaban J connectivity index is 2.64. The molecule has 1 N–H and O–H groups in total. The van der Waals surface area contributed by atoms with E-state index in [0.717, 1.165) is 0 Å². The van der Waals surface area contributed by atoms with Crippen molar-refractivity contribution in [2.75, 3.05) is 6.54 Å². The topological polar surface area (TPSA) is 38.3 Å². The molecule has 0 heterocycles. The van der Waals surface area contributed by atoms with Gasteiger partial charge in [-0.3, -0.25) is 4.79 Å². The summed E-state index contributed by atoms with van der Waals surface area (Å²) < 4.78 is 5.42. The van der Waals surface area contributed by atoms with Gasteiger partial charge in [0.25, 0.3) is 5.91 Å². The van der Waals surface area contributed by atoms with E-state index in [1.54, 1.807) is 31.2 Å². The predicted molar refractivity (Wildman–Crippen MR) is 69.8 cm³/mol. The molecular weight excluding hydrogens is 261 g/mol. The normalized spacial score (nSPS) is 11.7. The predicted octanol–water partition coefficient (Wildman–Crippen LogP) is 3.06. The van der Waals surface area contributed by atoms with Crippen LogP contribution in [-0.2, 0) is 4.79 Å². The molecule has 0 aliphatic rings. The van der Waals surface area contributed by atoms with E-state index < -0.39 is 6.10 Å². The van der Waals surface area contributed by atoms with E-state index in [4.69, 9.17) is 27.9 Å². The molecule has 1 rings (SSSR count). The number of ether oxygens (including phenoxy) is 1. The first-order valence-electron chi connectivity index (χ1n) is 5.05. The molecule has 17 heavy (non-hydrogen) atoms. The highest BCUT2D eigenvalue weighted by atomic mass is 35.5. The Hall–Kier alpha value is -1.19. The molecule has 92 valence electrons. The number of amides is 1. The van der Waals surface area contributed by atoms with Crippen LogP contribution < -0.4 is 10.1 Å². The summed E-state index contributed by atoms with van der Waals surface area (Å²) in [4.78, 5) is 11.5. The van der Waals surface area contributed by atoms with Gasteiger partial charge in [-0.05, 0) is 25.1 Å². The van der Waals surface area contributed by atoms with Crippen molar-refractivity contribution in [3.05, 3.63) is 40.9 Å². The summed E-state index contributed by atoms with van der Waals surface area (Å²) in [7, 11) is 0. The monoisotopic (exact) mass is 273 g/mol. The zero-order chi connectivity index (χ0) is 12.8. The van der Waals surface area contributed by atoms with Crippen molar-refractivity contribution in [1.29, 1.82) is 0 Å². The summed E-state index contributed by atoms with van der Waals surface area (Å²) in [6, 6.07) is 4.84. The molecule has 3 nitrogen and oxygen atoms in total. The van der Waals surface area contributed by atoms with Gasteiger partial charge in [0, 0.05) is 11.6 Å². The number of halogens is 2. The molecule has 1 amide bonds. The number of carbonyl (C=O) groups excluding carboxylic acids is 1. The number of hydrogen-bond donors (Lipinski definition) is 1. The Labute approximate surface area is 110 Å². The lowest BCUT2D eigenvalue weighted by atomic mass is 10.3. The van der Waals surface area contributed by atoms with Gasteiger partial charge in [0.1, 0.15) is 5.75 Å². The molecule has 0 spiro atoms. The summed E-state index contributed by atoms with van der Waals surface area (Å²) in [5.41, 5.74) is 0. The van der Waals surface area contributed by atoms with Gasteiger partial charge in [-0.25, -0.2) is 0 Å². The van der Waals surface area contributed by atoms with Crippen LogP contribution in [0.4, 0.5) is 0 Å². The van der Waals surface area contributed by atoms with E-state index in [9.17, 15) is 4.79 Å². The zero-order valence-electron chi connectivity index (χ0n) is 9.37. The highest BCUT2D eigenvalue weighted by Crippen LogP contribution is 2.28. The van der Waals surface area contributed by atoms with Crippen LogP contribution in [0.1, 0.15) is 6.92 Å². The maximum absolute atomic E-state index is 11.5. The molecule has 0 unspecified atom stereocenters. The summed E-state index contributed by atoms with van der Waals surface area (Å²) >= 11 is 11.7. The Bertz CT molecular complexity index is 421. The molecule has 0 fully saturated rings. The Morgan fingerprint density at radius 3 is 2.88 bits per heavy atom. The van der Waals surface area contributed by atoms with E-state index in [-0.39, 0.29) is 5.91 Å². The second-order valence-corrected chi connectivity index (χ2v) is 4.21. The Morgan fingerprint density at radius 1 is 1.59 bits per heavy atom. The van der Waals surface area contributed by atoms with Gasteiger partial charge < -0.3 is 10.1 Å². The number of benzene rings is 1. The fraction of sp³-hybridized carbons (Fsp3) is 0.250. The van der Waals surface area contributed by atoms with Crippen molar-refractivity contribution in [2.45, 2.75) is 13.0 Å². The van der Waals surface area contributed by atoms with Gasteiger partial charge in [-0.15, -0.1) is 6.58 Å². The largest absolute Gasteiger partial charge is 0.479 e. The van der Waals surface area contributed by atoms with E-state index in [0.29, 0.717) is 22.3 Å². The minimum atomic E-state index is -0.631. The molecule has 0 saturated heterocycles. The van der Waals surface area contributed by atoms with Crippen LogP contribution in [0, 0.1) is 0 Å². The molecule has 0 aliphatic heterocycles. The first-order valence-corrected chi connectivity index (χ1v) is 5.80. The van der Waals surface area contributed by atoms with Crippen molar-refractivity contribution < 1.29 is 9.53 Å². The molecule has 5 heteroatoms. The summed E-state index contributed by atoms with van der Waals surface area (Å²) in [6.45, 7) is 5.55. The summed E-state index contributed by atoms with van der Waals surface area (Å²) in [5.74, 6) is 0.202. The first-order chi connectivity index (χ1) is 8.04. The van der Waals surface area contributed by atoms with E-state index in [1.807, 2.05) is 0 Å². The lowest BCUT2D eigenvalue weighted by molar-refractivity contribution is -0.127. The average Bonchev–Trinajstić information content (AvgIpc) is 2.29. The van der Waals surface area contributed by atoms with Crippen LogP contribution >= 0.6 is 23.2 Å². The zero-order valence-corrected chi connectivity index (χ0v) is 10.9. The van der Waals surface area contributed by atoms with Crippen molar-refractivity contribution in [2.24, 2.45) is 0 Å². The van der Waals surface area contributed by atoms with Gasteiger partial charge in [0.05, 0.1) is 5.02 Å². The van der Waals surface area contributed by atoms with E-state index >= 15 is 0 Å². The molecule has 0 aliphatic carbocycles. The SMILES string of the molecule is C=CCNC(=O)[C@@H](C)Oc1ccc(Cl)cc1Cl.